The zero-order chi connectivity index (χ0) is 10.8. The van der Waals surface area contributed by atoms with Crippen molar-refractivity contribution in [3.63, 3.8) is 0 Å². The average Bonchev–Trinajstić information content (AvgIpc) is 2.45. The van der Waals surface area contributed by atoms with Crippen molar-refractivity contribution in [1.29, 1.82) is 5.26 Å². The van der Waals surface area contributed by atoms with Gasteiger partial charge in [-0.1, -0.05) is 0 Å². The summed E-state index contributed by atoms with van der Waals surface area (Å²) in [6.07, 6.45) is -1.76. The largest absolute Gasteiger partial charge is 0.406 e. The van der Waals surface area contributed by atoms with Crippen molar-refractivity contribution in [2.24, 2.45) is 5.92 Å². The van der Waals surface area contributed by atoms with Crippen molar-refractivity contribution in [2.45, 2.75) is 12.7 Å². The molecule has 0 spiro atoms. The van der Waals surface area contributed by atoms with Crippen molar-refractivity contribution < 1.29 is 13.2 Å². The van der Waals surface area contributed by atoms with Crippen molar-refractivity contribution in [3.05, 3.63) is 16.9 Å². The Kier molecular flexibility index (Phi) is 3.16. The summed E-state index contributed by atoms with van der Waals surface area (Å²) < 4.78 is 38.1. The van der Waals surface area contributed by atoms with Gasteiger partial charge in [-0.3, -0.25) is 4.68 Å². The second-order valence-electron chi connectivity index (χ2n) is 2.60. The van der Waals surface area contributed by atoms with E-state index in [4.69, 9.17) is 5.26 Å². The molecular weight excluding hydrogens is 263 g/mol. The van der Waals surface area contributed by atoms with Gasteiger partial charge in [-0.15, -0.1) is 0 Å². The predicted octanol–water partition coefficient (Wildman–Crippen LogP) is 2.35. The second kappa shape index (κ2) is 4.00. The summed E-state index contributed by atoms with van der Waals surface area (Å²) in [5, 5.41) is 11.9. The lowest BCUT2D eigenvalue weighted by Gasteiger charge is -2.12. The molecule has 1 rings (SSSR count). The predicted molar refractivity (Wildman–Crippen MR) is 45.1 cm³/mol. The molecule has 7 heteroatoms. The summed E-state index contributed by atoms with van der Waals surface area (Å²) in [4.78, 5) is 0. The average molecular weight is 268 g/mol. The highest BCUT2D eigenvalue weighted by Crippen LogP contribution is 2.26. The number of halogens is 4. The maximum absolute atomic E-state index is 12.1. The zero-order valence-electron chi connectivity index (χ0n) is 6.79. The number of hydrogen-bond donors (Lipinski definition) is 0. The Morgan fingerprint density at radius 1 is 1.64 bits per heavy atom. The Balaban J connectivity index is 2.73. The van der Waals surface area contributed by atoms with Crippen LogP contribution in [0.4, 0.5) is 13.2 Å². The topological polar surface area (TPSA) is 41.6 Å². The quantitative estimate of drug-likeness (QED) is 0.826. The van der Waals surface area contributed by atoms with E-state index in [9.17, 15) is 13.2 Å². The van der Waals surface area contributed by atoms with E-state index >= 15 is 0 Å². The minimum atomic E-state index is -4.51. The molecule has 14 heavy (non-hydrogen) atoms. The van der Waals surface area contributed by atoms with Gasteiger partial charge >= 0.3 is 6.18 Å². The van der Waals surface area contributed by atoms with Crippen molar-refractivity contribution >= 4 is 15.9 Å². The molecule has 1 unspecified atom stereocenters. The molecule has 0 aromatic carbocycles. The third-order valence-electron chi connectivity index (χ3n) is 1.52. The van der Waals surface area contributed by atoms with E-state index in [0.717, 1.165) is 4.68 Å². The second-order valence-corrected chi connectivity index (χ2v) is 3.52. The molecule has 0 aliphatic rings. The number of aromatic nitrogens is 2. The first kappa shape index (κ1) is 11.0. The molecule has 0 bridgehead atoms. The Hall–Kier alpha value is -1.03. The lowest BCUT2D eigenvalue weighted by molar-refractivity contribution is -0.162. The van der Waals surface area contributed by atoms with Gasteiger partial charge in [0.05, 0.1) is 23.3 Å². The number of hydrogen-bond acceptors (Lipinski definition) is 2. The van der Waals surface area contributed by atoms with Crippen LogP contribution >= 0.6 is 15.9 Å². The molecule has 0 amide bonds. The molecule has 0 aliphatic carbocycles. The molecule has 1 aromatic rings. The van der Waals surface area contributed by atoms with Crippen LogP contribution in [-0.2, 0) is 6.54 Å². The monoisotopic (exact) mass is 267 g/mol. The summed E-state index contributed by atoms with van der Waals surface area (Å²) in [7, 11) is 0. The van der Waals surface area contributed by atoms with Crippen LogP contribution in [0.2, 0.25) is 0 Å². The molecule has 0 saturated heterocycles. The number of nitrogens with zero attached hydrogens (tertiary/aromatic N) is 3. The van der Waals surface area contributed by atoms with Gasteiger partial charge in [0.1, 0.15) is 0 Å². The van der Waals surface area contributed by atoms with E-state index in [1.807, 2.05) is 0 Å². The van der Waals surface area contributed by atoms with Gasteiger partial charge in [-0.25, -0.2) is 0 Å². The molecule has 0 saturated carbocycles. The van der Waals surface area contributed by atoms with Crippen LogP contribution < -0.4 is 0 Å². The minimum absolute atomic E-state index is 0.481. The fourth-order valence-corrected chi connectivity index (χ4v) is 1.17. The highest BCUT2D eigenvalue weighted by molar-refractivity contribution is 9.10. The Bertz CT molecular complexity index is 352. The number of rotatable bonds is 2. The first-order chi connectivity index (χ1) is 6.43. The summed E-state index contributed by atoms with van der Waals surface area (Å²) in [6.45, 7) is -0.481. The normalized spacial score (nSPS) is 13.6. The highest BCUT2D eigenvalue weighted by Gasteiger charge is 2.40. The van der Waals surface area contributed by atoms with Gasteiger partial charge in [0.25, 0.3) is 0 Å². The van der Waals surface area contributed by atoms with E-state index in [1.54, 1.807) is 0 Å². The maximum Gasteiger partial charge on any atom is 0.406 e. The first-order valence-corrected chi connectivity index (χ1v) is 4.37. The molecule has 0 radical (unpaired) electrons. The van der Waals surface area contributed by atoms with Crippen molar-refractivity contribution in [1.82, 2.24) is 9.78 Å². The zero-order valence-corrected chi connectivity index (χ0v) is 8.38. The molecule has 3 nitrogen and oxygen atoms in total. The first-order valence-electron chi connectivity index (χ1n) is 3.58. The van der Waals surface area contributed by atoms with Gasteiger partial charge in [-0.2, -0.15) is 23.5 Å². The van der Waals surface area contributed by atoms with E-state index in [0.29, 0.717) is 4.47 Å². The van der Waals surface area contributed by atoms with E-state index in [2.05, 4.69) is 21.0 Å². The van der Waals surface area contributed by atoms with Gasteiger partial charge < -0.3 is 0 Å². The molecule has 0 fully saturated rings. The Labute approximate surface area is 86.3 Å². The van der Waals surface area contributed by atoms with Gasteiger partial charge in [0, 0.05) is 6.20 Å². The van der Waals surface area contributed by atoms with Crippen molar-refractivity contribution in [2.75, 3.05) is 0 Å². The SMILES string of the molecule is N#CC(Cn1cc(Br)cn1)C(F)(F)F. The van der Waals surface area contributed by atoms with Crippen LogP contribution in [0.15, 0.2) is 16.9 Å². The smallest absolute Gasteiger partial charge is 0.270 e. The minimum Gasteiger partial charge on any atom is -0.270 e. The molecule has 1 aromatic heterocycles. The van der Waals surface area contributed by atoms with Crippen LogP contribution in [0.25, 0.3) is 0 Å². The standard InChI is InChI=1S/C7H5BrF3N3/c8-6-2-13-14(4-6)3-5(1-12)7(9,10)11/h2,4-5H,3H2. The van der Waals surface area contributed by atoms with E-state index < -0.39 is 18.6 Å². The third kappa shape index (κ3) is 2.73. The summed E-state index contributed by atoms with van der Waals surface area (Å²) in [5.74, 6) is -2.02. The maximum atomic E-state index is 12.1. The fraction of sp³-hybridized carbons (Fsp3) is 0.429. The molecule has 0 aliphatic heterocycles. The molecule has 1 heterocycles. The molecule has 76 valence electrons. The molecule has 1 atom stereocenters. The molecule has 0 N–H and O–H groups in total. The number of nitriles is 1. The van der Waals surface area contributed by atoms with Crippen LogP contribution in [0, 0.1) is 17.2 Å². The van der Waals surface area contributed by atoms with Gasteiger partial charge in [-0.05, 0) is 15.9 Å². The summed E-state index contributed by atoms with van der Waals surface area (Å²) in [6, 6.07) is 1.20. The Morgan fingerprint density at radius 3 is 2.64 bits per heavy atom. The molecular formula is C7H5BrF3N3. The lowest BCUT2D eigenvalue weighted by Crippen LogP contribution is -2.26. The van der Waals surface area contributed by atoms with E-state index in [1.165, 1.54) is 18.5 Å². The van der Waals surface area contributed by atoms with Crippen LogP contribution in [0.1, 0.15) is 0 Å². The Morgan fingerprint density at radius 2 is 2.29 bits per heavy atom. The third-order valence-corrected chi connectivity index (χ3v) is 1.93. The van der Waals surface area contributed by atoms with Crippen LogP contribution in [0.3, 0.4) is 0 Å². The van der Waals surface area contributed by atoms with Crippen molar-refractivity contribution in [3.8, 4) is 6.07 Å². The van der Waals surface area contributed by atoms with Gasteiger partial charge in [0.2, 0.25) is 0 Å². The van der Waals surface area contributed by atoms with Gasteiger partial charge in [0.15, 0.2) is 5.92 Å². The van der Waals surface area contributed by atoms with E-state index in [-0.39, 0.29) is 0 Å². The lowest BCUT2D eigenvalue weighted by atomic mass is 10.1. The van der Waals surface area contributed by atoms with Crippen LogP contribution in [0.5, 0.6) is 0 Å². The van der Waals surface area contributed by atoms with Crippen LogP contribution in [-0.4, -0.2) is 16.0 Å². The number of alkyl halides is 3. The highest BCUT2D eigenvalue weighted by atomic mass is 79.9. The fourth-order valence-electron chi connectivity index (χ4n) is 0.843. The summed E-state index contributed by atoms with van der Waals surface area (Å²) in [5.41, 5.74) is 0. The summed E-state index contributed by atoms with van der Waals surface area (Å²) >= 11 is 3.05.